The molecule has 0 amide bonds. The fourth-order valence-electron chi connectivity index (χ4n) is 5.81. The number of aliphatic hydroxyl groups excluding tert-OH is 3. The smallest absolute Gasteiger partial charge is 0.0811 e. The standard InChI is InChI=1S/C22H34O3/c1-14(13-23)19-8-9-20-16(5-4-10-22(19,20)3)6-7-17-11-18(24)12-21(25)15(17)2/h6-7,14,18-21,23-25H,2,4-5,8-13H2,1,3H3/b16-6+,17-7-/t14-,18-,19-,20+,21+,22-/m1/s1. The van der Waals surface area contributed by atoms with E-state index in [9.17, 15) is 15.3 Å². The molecule has 0 aromatic heterocycles. The fraction of sp³-hybridized carbons (Fsp3) is 0.727. The number of rotatable bonds is 3. The molecule has 0 aromatic rings. The van der Waals surface area contributed by atoms with Gasteiger partial charge in [0.25, 0.3) is 0 Å². The van der Waals surface area contributed by atoms with Crippen LogP contribution >= 0.6 is 0 Å². The molecule has 0 radical (unpaired) electrons. The van der Waals surface area contributed by atoms with E-state index in [1.807, 2.05) is 0 Å². The van der Waals surface area contributed by atoms with Crippen molar-refractivity contribution in [2.45, 2.75) is 71.0 Å². The molecule has 3 rings (SSSR count). The minimum absolute atomic E-state index is 0.283. The van der Waals surface area contributed by atoms with Gasteiger partial charge in [0, 0.05) is 13.0 Å². The highest BCUT2D eigenvalue weighted by atomic mass is 16.3. The van der Waals surface area contributed by atoms with Crippen molar-refractivity contribution in [1.29, 1.82) is 0 Å². The third-order valence-corrected chi connectivity index (χ3v) is 7.28. The summed E-state index contributed by atoms with van der Waals surface area (Å²) < 4.78 is 0. The molecule has 6 atom stereocenters. The molecular formula is C22H34O3. The maximum Gasteiger partial charge on any atom is 0.0811 e. The molecule has 0 unspecified atom stereocenters. The number of hydrogen-bond acceptors (Lipinski definition) is 3. The lowest BCUT2D eigenvalue weighted by molar-refractivity contribution is 0.0689. The van der Waals surface area contributed by atoms with Crippen LogP contribution in [0.5, 0.6) is 0 Å². The van der Waals surface area contributed by atoms with Crippen LogP contribution in [-0.2, 0) is 0 Å². The highest BCUT2D eigenvalue weighted by Crippen LogP contribution is 2.59. The van der Waals surface area contributed by atoms with Gasteiger partial charge in [0.15, 0.2) is 0 Å². The topological polar surface area (TPSA) is 60.7 Å². The van der Waals surface area contributed by atoms with E-state index in [2.05, 4.69) is 32.6 Å². The predicted octanol–water partition coefficient (Wildman–Crippen LogP) is 3.76. The molecule has 25 heavy (non-hydrogen) atoms. The van der Waals surface area contributed by atoms with Gasteiger partial charge in [-0.25, -0.2) is 0 Å². The number of fused-ring (bicyclic) bond motifs is 1. The van der Waals surface area contributed by atoms with Crippen molar-refractivity contribution in [2.75, 3.05) is 6.61 Å². The van der Waals surface area contributed by atoms with Crippen molar-refractivity contribution in [2.24, 2.45) is 23.2 Å². The molecule has 0 saturated heterocycles. The lowest BCUT2D eigenvalue weighted by Gasteiger charge is -2.44. The minimum atomic E-state index is -0.619. The van der Waals surface area contributed by atoms with Gasteiger partial charge in [0.05, 0.1) is 12.2 Å². The second-order valence-corrected chi connectivity index (χ2v) is 8.82. The maximum atomic E-state index is 10.0. The van der Waals surface area contributed by atoms with Crippen molar-refractivity contribution in [3.05, 3.63) is 35.5 Å². The van der Waals surface area contributed by atoms with Crippen molar-refractivity contribution < 1.29 is 15.3 Å². The molecule has 0 aromatic carbocycles. The van der Waals surface area contributed by atoms with E-state index in [1.54, 1.807) is 0 Å². The molecule has 0 spiro atoms. The highest BCUT2D eigenvalue weighted by Gasteiger charge is 2.50. The molecule has 0 heterocycles. The van der Waals surface area contributed by atoms with E-state index in [0.29, 0.717) is 36.0 Å². The van der Waals surface area contributed by atoms with Crippen LogP contribution in [0.3, 0.4) is 0 Å². The summed E-state index contributed by atoms with van der Waals surface area (Å²) in [5.41, 5.74) is 3.56. The largest absolute Gasteiger partial charge is 0.396 e. The first-order valence-corrected chi connectivity index (χ1v) is 9.92. The van der Waals surface area contributed by atoms with Crippen molar-refractivity contribution >= 4 is 0 Å². The van der Waals surface area contributed by atoms with Crippen LogP contribution in [0.2, 0.25) is 0 Å². The average molecular weight is 347 g/mol. The first kappa shape index (κ1) is 18.9. The SMILES string of the molecule is C=C1/C(=C\C=C2/CCC[C@]3(C)[C@@H]([C@H](C)CO)CC[C@@H]23)C[C@@H](O)C[C@@H]1O. The summed E-state index contributed by atoms with van der Waals surface area (Å²) >= 11 is 0. The van der Waals surface area contributed by atoms with E-state index >= 15 is 0 Å². The van der Waals surface area contributed by atoms with Crippen molar-refractivity contribution in [1.82, 2.24) is 0 Å². The minimum Gasteiger partial charge on any atom is -0.396 e. The molecule has 3 N–H and O–H groups in total. The summed E-state index contributed by atoms with van der Waals surface area (Å²) in [6.07, 6.45) is 10.3. The Balaban J connectivity index is 1.82. The summed E-state index contributed by atoms with van der Waals surface area (Å²) in [5.74, 6) is 1.58. The average Bonchev–Trinajstić information content (AvgIpc) is 2.93. The molecule has 3 fully saturated rings. The zero-order valence-electron chi connectivity index (χ0n) is 15.7. The van der Waals surface area contributed by atoms with Crippen molar-refractivity contribution in [3.63, 3.8) is 0 Å². The molecule has 3 aliphatic rings. The Hall–Kier alpha value is -0.900. The molecule has 3 heteroatoms. The van der Waals surface area contributed by atoms with Crippen LogP contribution in [0.1, 0.15) is 58.8 Å². The van der Waals surface area contributed by atoms with Gasteiger partial charge in [-0.15, -0.1) is 0 Å². The predicted molar refractivity (Wildman–Crippen MR) is 101 cm³/mol. The molecule has 0 bridgehead atoms. The number of hydrogen-bond donors (Lipinski definition) is 3. The van der Waals surface area contributed by atoms with Crippen LogP contribution in [0.4, 0.5) is 0 Å². The van der Waals surface area contributed by atoms with Crippen LogP contribution in [-0.4, -0.2) is 34.1 Å². The molecule has 3 aliphatic carbocycles. The monoisotopic (exact) mass is 346 g/mol. The zero-order chi connectivity index (χ0) is 18.2. The van der Waals surface area contributed by atoms with E-state index in [1.165, 1.54) is 31.3 Å². The third-order valence-electron chi connectivity index (χ3n) is 7.28. The molecule has 140 valence electrons. The van der Waals surface area contributed by atoms with Gasteiger partial charge in [0.1, 0.15) is 0 Å². The van der Waals surface area contributed by atoms with Gasteiger partial charge < -0.3 is 15.3 Å². The maximum absolute atomic E-state index is 10.0. The Kier molecular flexibility index (Phi) is 5.57. The third kappa shape index (κ3) is 3.51. The second kappa shape index (κ2) is 7.38. The Morgan fingerprint density at radius 1 is 1.28 bits per heavy atom. The quantitative estimate of drug-likeness (QED) is 0.729. The first-order valence-electron chi connectivity index (χ1n) is 9.92. The van der Waals surface area contributed by atoms with E-state index in [0.717, 1.165) is 17.6 Å². The molecule has 0 aliphatic heterocycles. The lowest BCUT2D eigenvalue weighted by atomic mass is 9.61. The van der Waals surface area contributed by atoms with Crippen LogP contribution in [0.15, 0.2) is 35.5 Å². The summed E-state index contributed by atoms with van der Waals surface area (Å²) in [6.45, 7) is 8.91. The summed E-state index contributed by atoms with van der Waals surface area (Å²) in [7, 11) is 0. The number of aliphatic hydroxyl groups is 3. The second-order valence-electron chi connectivity index (χ2n) is 8.82. The Morgan fingerprint density at radius 3 is 2.76 bits per heavy atom. The highest BCUT2D eigenvalue weighted by molar-refractivity contribution is 5.38. The van der Waals surface area contributed by atoms with Crippen molar-refractivity contribution in [3.8, 4) is 0 Å². The van der Waals surface area contributed by atoms with Gasteiger partial charge in [-0.3, -0.25) is 0 Å². The molecule has 3 saturated carbocycles. The summed E-state index contributed by atoms with van der Waals surface area (Å²) in [4.78, 5) is 0. The zero-order valence-corrected chi connectivity index (χ0v) is 15.7. The van der Waals surface area contributed by atoms with E-state index < -0.39 is 12.2 Å². The summed E-state index contributed by atoms with van der Waals surface area (Å²) in [6, 6.07) is 0. The molecule has 3 nitrogen and oxygen atoms in total. The molecular weight excluding hydrogens is 312 g/mol. The van der Waals surface area contributed by atoms with E-state index in [-0.39, 0.29) is 6.61 Å². The Labute approximate surface area is 152 Å². The van der Waals surface area contributed by atoms with Crippen LogP contribution in [0.25, 0.3) is 0 Å². The Morgan fingerprint density at radius 2 is 2.04 bits per heavy atom. The van der Waals surface area contributed by atoms with Gasteiger partial charge in [-0.1, -0.05) is 38.2 Å². The van der Waals surface area contributed by atoms with Crippen LogP contribution in [0, 0.1) is 23.2 Å². The first-order chi connectivity index (χ1) is 11.9. The van der Waals surface area contributed by atoms with Crippen LogP contribution < -0.4 is 0 Å². The van der Waals surface area contributed by atoms with Gasteiger partial charge in [-0.2, -0.15) is 0 Å². The summed E-state index contributed by atoms with van der Waals surface area (Å²) in [5, 5.41) is 29.6. The fourth-order valence-corrected chi connectivity index (χ4v) is 5.81. The normalized spacial score (nSPS) is 43.5. The van der Waals surface area contributed by atoms with Gasteiger partial charge >= 0.3 is 0 Å². The van der Waals surface area contributed by atoms with Gasteiger partial charge in [0.2, 0.25) is 0 Å². The van der Waals surface area contributed by atoms with Gasteiger partial charge in [-0.05, 0) is 72.8 Å². The Bertz CT molecular complexity index is 576. The lowest BCUT2D eigenvalue weighted by Crippen LogP contribution is -2.36. The number of allylic oxidation sites excluding steroid dienone is 3. The van der Waals surface area contributed by atoms with E-state index in [4.69, 9.17) is 0 Å².